The number of aryl methyl sites for hydroxylation is 1. The van der Waals surface area contributed by atoms with Gasteiger partial charge in [-0.25, -0.2) is 9.59 Å². The van der Waals surface area contributed by atoms with E-state index in [0.717, 1.165) is 23.1 Å². The number of carbonyl (C=O) groups excluding carboxylic acids is 2. The van der Waals surface area contributed by atoms with Crippen LogP contribution in [0.3, 0.4) is 0 Å². The Morgan fingerprint density at radius 3 is 1.96 bits per heavy atom. The van der Waals surface area contributed by atoms with Gasteiger partial charge in [0.05, 0.1) is 14.2 Å². The number of rotatable bonds is 5. The summed E-state index contributed by atoms with van der Waals surface area (Å²) < 4.78 is 19.7. The van der Waals surface area contributed by atoms with Gasteiger partial charge in [0.15, 0.2) is 0 Å². The monoisotopic (exact) mass is 366 g/mol. The molecule has 0 heterocycles. The van der Waals surface area contributed by atoms with Crippen molar-refractivity contribution in [2.45, 2.75) is 58.8 Å². The van der Waals surface area contributed by atoms with Crippen LogP contribution in [0, 0.1) is 0 Å². The molecule has 0 N–H and O–H groups in total. The van der Waals surface area contributed by atoms with Crippen LogP contribution in [-0.4, -0.2) is 33.1 Å². The quantitative estimate of drug-likeness (QED) is 0.553. The molecule has 6 heteroatoms. The van der Waals surface area contributed by atoms with Gasteiger partial charge in [-0.05, 0) is 29.0 Å². The molecule has 0 aliphatic rings. The van der Waals surface area contributed by atoms with Crippen molar-refractivity contribution in [3.63, 3.8) is 0 Å². The number of hydrogen-bond donors (Lipinski definition) is 0. The third-order valence-electron chi connectivity index (χ3n) is 4.20. The Hall–Kier alpha value is -2.24. The van der Waals surface area contributed by atoms with E-state index in [2.05, 4.69) is 37.2 Å². The summed E-state index contributed by atoms with van der Waals surface area (Å²) in [6, 6.07) is 3.89. The van der Waals surface area contributed by atoms with Crippen molar-refractivity contribution in [2.24, 2.45) is 0 Å². The normalized spacial score (nSPS) is 11.7. The fraction of sp³-hybridized carbons (Fsp3) is 0.600. The molecule has 146 valence electrons. The lowest BCUT2D eigenvalue weighted by molar-refractivity contribution is 0.0571. The first kappa shape index (κ1) is 21.8. The molecule has 6 nitrogen and oxygen atoms in total. The van der Waals surface area contributed by atoms with E-state index in [1.54, 1.807) is 0 Å². The summed E-state index contributed by atoms with van der Waals surface area (Å²) in [5.74, 6) is 0.403. The molecule has 0 bridgehead atoms. The van der Waals surface area contributed by atoms with Crippen molar-refractivity contribution in [3.8, 4) is 5.75 Å². The maximum absolute atomic E-state index is 11.7. The molecule has 0 atom stereocenters. The van der Waals surface area contributed by atoms with Gasteiger partial charge in [0.2, 0.25) is 0 Å². The molecule has 1 rings (SSSR count). The molecule has 0 radical (unpaired) electrons. The minimum absolute atomic E-state index is 0.0757. The lowest BCUT2D eigenvalue weighted by atomic mass is 9.77. The van der Waals surface area contributed by atoms with Crippen LogP contribution in [-0.2, 0) is 31.5 Å². The van der Waals surface area contributed by atoms with E-state index in [4.69, 9.17) is 9.47 Å². The molecule has 0 aromatic heterocycles. The number of benzene rings is 1. The summed E-state index contributed by atoms with van der Waals surface area (Å²) in [4.78, 5) is 23.1. The highest BCUT2D eigenvalue weighted by atomic mass is 16.7. The van der Waals surface area contributed by atoms with Gasteiger partial charge in [0.25, 0.3) is 0 Å². The van der Waals surface area contributed by atoms with Gasteiger partial charge in [-0.15, -0.1) is 0 Å². The largest absolute Gasteiger partial charge is 0.513 e. The second kappa shape index (κ2) is 8.43. The van der Waals surface area contributed by atoms with Crippen molar-refractivity contribution in [3.05, 3.63) is 28.8 Å². The lowest BCUT2D eigenvalue weighted by Crippen LogP contribution is -2.29. The Labute approximate surface area is 155 Å². The maximum Gasteiger partial charge on any atom is 0.513 e. The predicted molar refractivity (Wildman–Crippen MR) is 98.9 cm³/mol. The van der Waals surface area contributed by atoms with Crippen LogP contribution in [0.15, 0.2) is 12.1 Å². The molecule has 0 aliphatic carbocycles. The molecular formula is C20H30O6. The zero-order valence-electron chi connectivity index (χ0n) is 17.0. The smallest absolute Gasteiger partial charge is 0.438 e. The lowest BCUT2D eigenvalue weighted by Gasteiger charge is -2.31. The molecular weight excluding hydrogens is 336 g/mol. The van der Waals surface area contributed by atoms with E-state index < -0.39 is 17.7 Å². The summed E-state index contributed by atoms with van der Waals surface area (Å²) >= 11 is 0. The first-order valence-electron chi connectivity index (χ1n) is 8.60. The Kier molecular flexibility index (Phi) is 7.07. The maximum atomic E-state index is 11.7. The van der Waals surface area contributed by atoms with Gasteiger partial charge >= 0.3 is 12.3 Å². The predicted octanol–water partition coefficient (Wildman–Crippen LogP) is 4.75. The average Bonchev–Trinajstić information content (AvgIpc) is 2.57. The van der Waals surface area contributed by atoms with Crippen LogP contribution in [0.5, 0.6) is 5.75 Å². The van der Waals surface area contributed by atoms with Crippen molar-refractivity contribution in [2.75, 3.05) is 20.8 Å². The number of carbonyl (C=O) groups is 2. The highest BCUT2D eigenvalue weighted by molar-refractivity contribution is 5.65. The van der Waals surface area contributed by atoms with Crippen molar-refractivity contribution >= 4 is 12.3 Å². The standard InChI is InChI=1S/C20H30O6/c1-9-13-10-16(26-18(22)24-8)15(11-14(13)19(2,3)4)20(5,6)12-25-17(21)23-7/h10-11H,9,12H2,1-8H3. The number of methoxy groups -OCH3 is 2. The minimum Gasteiger partial charge on any atom is -0.438 e. The van der Waals surface area contributed by atoms with E-state index in [-0.39, 0.29) is 12.0 Å². The summed E-state index contributed by atoms with van der Waals surface area (Å²) in [7, 11) is 2.52. The van der Waals surface area contributed by atoms with Crippen LogP contribution >= 0.6 is 0 Å². The molecule has 0 saturated carbocycles. The summed E-state index contributed by atoms with van der Waals surface area (Å²) in [6.07, 6.45) is -0.750. The molecule has 0 unspecified atom stereocenters. The Morgan fingerprint density at radius 2 is 1.50 bits per heavy atom. The zero-order chi connectivity index (χ0) is 20.1. The molecule has 26 heavy (non-hydrogen) atoms. The van der Waals surface area contributed by atoms with Crippen LogP contribution < -0.4 is 4.74 Å². The Bertz CT molecular complexity index is 655. The van der Waals surface area contributed by atoms with Crippen molar-refractivity contribution in [1.29, 1.82) is 0 Å². The first-order valence-corrected chi connectivity index (χ1v) is 8.60. The van der Waals surface area contributed by atoms with E-state index >= 15 is 0 Å². The van der Waals surface area contributed by atoms with E-state index in [0.29, 0.717) is 5.75 Å². The molecule has 0 saturated heterocycles. The van der Waals surface area contributed by atoms with E-state index in [1.807, 2.05) is 26.0 Å². The Morgan fingerprint density at radius 1 is 0.923 bits per heavy atom. The molecule has 0 spiro atoms. The second-order valence-electron chi connectivity index (χ2n) is 7.79. The molecule has 0 fully saturated rings. The first-order chi connectivity index (χ1) is 12.0. The van der Waals surface area contributed by atoms with Crippen LogP contribution in [0.2, 0.25) is 0 Å². The number of ether oxygens (including phenoxy) is 4. The summed E-state index contributed by atoms with van der Waals surface area (Å²) in [5.41, 5.74) is 2.30. The topological polar surface area (TPSA) is 71.1 Å². The molecule has 1 aromatic rings. The highest BCUT2D eigenvalue weighted by Gasteiger charge is 2.31. The SMILES string of the molecule is CCc1cc(OC(=O)OC)c(C(C)(C)COC(=O)OC)cc1C(C)(C)C. The molecule has 1 aromatic carbocycles. The minimum atomic E-state index is -0.790. The third-order valence-corrected chi connectivity index (χ3v) is 4.20. The Balaban J connectivity index is 3.48. The van der Waals surface area contributed by atoms with E-state index in [9.17, 15) is 9.59 Å². The fourth-order valence-electron chi connectivity index (χ4n) is 2.73. The zero-order valence-corrected chi connectivity index (χ0v) is 17.0. The average molecular weight is 366 g/mol. The van der Waals surface area contributed by atoms with Gasteiger partial charge < -0.3 is 18.9 Å². The van der Waals surface area contributed by atoms with Gasteiger partial charge in [-0.1, -0.05) is 47.6 Å². The van der Waals surface area contributed by atoms with Crippen LogP contribution in [0.1, 0.15) is 58.2 Å². The fourth-order valence-corrected chi connectivity index (χ4v) is 2.73. The molecule has 0 amide bonds. The summed E-state index contributed by atoms with van der Waals surface area (Å²) in [5, 5.41) is 0. The third kappa shape index (κ3) is 5.38. The highest BCUT2D eigenvalue weighted by Crippen LogP contribution is 2.38. The van der Waals surface area contributed by atoms with Crippen LogP contribution in [0.25, 0.3) is 0 Å². The van der Waals surface area contributed by atoms with Crippen molar-refractivity contribution < 1.29 is 28.5 Å². The van der Waals surface area contributed by atoms with Gasteiger partial charge in [0.1, 0.15) is 12.4 Å². The number of hydrogen-bond acceptors (Lipinski definition) is 6. The van der Waals surface area contributed by atoms with Gasteiger partial charge in [-0.2, -0.15) is 0 Å². The second-order valence-corrected chi connectivity index (χ2v) is 7.79. The van der Waals surface area contributed by atoms with Crippen molar-refractivity contribution in [1.82, 2.24) is 0 Å². The summed E-state index contributed by atoms with van der Waals surface area (Å²) in [6.45, 7) is 12.3. The molecule has 0 aliphatic heterocycles. The van der Waals surface area contributed by atoms with Gasteiger partial charge in [0, 0.05) is 11.0 Å². The van der Waals surface area contributed by atoms with E-state index in [1.165, 1.54) is 14.2 Å². The van der Waals surface area contributed by atoms with Gasteiger partial charge in [-0.3, -0.25) is 0 Å². The van der Waals surface area contributed by atoms with Crippen LogP contribution in [0.4, 0.5) is 9.59 Å².